The Morgan fingerprint density at radius 2 is 2.00 bits per heavy atom. The summed E-state index contributed by atoms with van der Waals surface area (Å²) in [5, 5.41) is 12.8. The Kier molecular flexibility index (Phi) is 6.58. The number of morpholine rings is 1. The van der Waals surface area contributed by atoms with Crippen LogP contribution in [0.2, 0.25) is 0 Å². The minimum absolute atomic E-state index is 0.195. The van der Waals surface area contributed by atoms with Crippen molar-refractivity contribution in [1.82, 2.24) is 10.3 Å². The number of fused-ring (bicyclic) bond motifs is 1. The second-order valence-electron chi connectivity index (χ2n) is 8.56. The van der Waals surface area contributed by atoms with Crippen LogP contribution in [0.4, 0.5) is 5.82 Å². The molecule has 0 radical (unpaired) electrons. The quantitative estimate of drug-likeness (QED) is 0.742. The van der Waals surface area contributed by atoms with Crippen LogP contribution in [-0.2, 0) is 33.8 Å². The number of nitrogens with one attached hydrogen (secondary N) is 1. The number of amides is 1. The maximum atomic E-state index is 12.4. The van der Waals surface area contributed by atoms with Crippen LogP contribution >= 0.6 is 0 Å². The van der Waals surface area contributed by atoms with Crippen molar-refractivity contribution in [2.24, 2.45) is 0 Å². The van der Waals surface area contributed by atoms with Gasteiger partial charge in [0.2, 0.25) is 5.88 Å². The standard InChI is InChI=1S/C24H28N4O4/c1-24(2)12-18-19(13-25)23(31-16-21(29)26-14-17-6-4-3-5-7-17)27-22(20(18)15-32-24)28-8-10-30-11-9-28/h3-7H,8-12,14-16H2,1-2H3,(H,26,29). The summed E-state index contributed by atoms with van der Waals surface area (Å²) in [5.74, 6) is 0.673. The molecule has 1 amide bonds. The topological polar surface area (TPSA) is 96.7 Å². The molecule has 1 N–H and O–H groups in total. The number of ether oxygens (including phenoxy) is 3. The first-order valence-corrected chi connectivity index (χ1v) is 10.8. The van der Waals surface area contributed by atoms with Gasteiger partial charge < -0.3 is 24.4 Å². The SMILES string of the molecule is CC1(C)Cc2c(C#N)c(OCC(=O)NCc3ccccc3)nc(N3CCOCC3)c2CO1. The average molecular weight is 437 g/mol. The van der Waals surface area contributed by atoms with Crippen LogP contribution in [0.3, 0.4) is 0 Å². The zero-order chi connectivity index (χ0) is 22.6. The lowest BCUT2D eigenvalue weighted by Crippen LogP contribution is -2.40. The van der Waals surface area contributed by atoms with Gasteiger partial charge in [-0.15, -0.1) is 0 Å². The zero-order valence-electron chi connectivity index (χ0n) is 18.5. The summed E-state index contributed by atoms with van der Waals surface area (Å²) >= 11 is 0. The number of pyridine rings is 1. The van der Waals surface area contributed by atoms with Crippen molar-refractivity contribution in [2.75, 3.05) is 37.8 Å². The third-order valence-electron chi connectivity index (χ3n) is 5.66. The molecule has 0 unspecified atom stereocenters. The molecule has 0 aliphatic carbocycles. The molecule has 0 saturated carbocycles. The number of anilines is 1. The minimum atomic E-state index is -0.396. The van der Waals surface area contributed by atoms with Crippen LogP contribution in [-0.4, -0.2) is 49.4 Å². The van der Waals surface area contributed by atoms with E-state index in [4.69, 9.17) is 14.2 Å². The fourth-order valence-corrected chi connectivity index (χ4v) is 3.96. The molecule has 168 valence electrons. The van der Waals surface area contributed by atoms with E-state index in [0.717, 1.165) is 22.5 Å². The van der Waals surface area contributed by atoms with E-state index in [1.54, 1.807) is 0 Å². The van der Waals surface area contributed by atoms with E-state index in [-0.39, 0.29) is 18.4 Å². The van der Waals surface area contributed by atoms with Crippen molar-refractivity contribution in [3.05, 3.63) is 52.6 Å². The van der Waals surface area contributed by atoms with Crippen molar-refractivity contribution in [3.8, 4) is 11.9 Å². The first kappa shape index (κ1) is 22.1. The van der Waals surface area contributed by atoms with Gasteiger partial charge in [0, 0.05) is 31.6 Å². The highest BCUT2D eigenvalue weighted by molar-refractivity contribution is 5.77. The first-order valence-electron chi connectivity index (χ1n) is 10.8. The number of hydrogen-bond donors (Lipinski definition) is 1. The first-order chi connectivity index (χ1) is 15.5. The van der Waals surface area contributed by atoms with Gasteiger partial charge in [0.1, 0.15) is 17.5 Å². The van der Waals surface area contributed by atoms with Gasteiger partial charge in [0.05, 0.1) is 25.4 Å². The third kappa shape index (κ3) is 5.01. The molecule has 2 aliphatic rings. The molecular formula is C24H28N4O4. The van der Waals surface area contributed by atoms with Crippen molar-refractivity contribution in [1.29, 1.82) is 5.26 Å². The number of rotatable bonds is 6. The average Bonchev–Trinajstić information content (AvgIpc) is 2.81. The lowest BCUT2D eigenvalue weighted by atomic mass is 9.89. The molecule has 0 bridgehead atoms. The van der Waals surface area contributed by atoms with E-state index in [0.29, 0.717) is 51.4 Å². The summed E-state index contributed by atoms with van der Waals surface area (Å²) in [6, 6.07) is 11.9. The second-order valence-corrected chi connectivity index (χ2v) is 8.56. The fraction of sp³-hybridized carbons (Fsp3) is 0.458. The molecule has 1 aromatic carbocycles. The molecule has 2 aromatic rings. The molecule has 0 atom stereocenters. The van der Waals surface area contributed by atoms with Crippen LogP contribution in [0.25, 0.3) is 0 Å². The predicted molar refractivity (Wildman–Crippen MR) is 118 cm³/mol. The summed E-state index contributed by atoms with van der Waals surface area (Å²) in [4.78, 5) is 19.2. The Balaban J connectivity index is 1.56. The highest BCUT2D eigenvalue weighted by atomic mass is 16.5. The monoisotopic (exact) mass is 436 g/mol. The molecule has 32 heavy (non-hydrogen) atoms. The van der Waals surface area contributed by atoms with Crippen molar-refractivity contribution >= 4 is 11.7 Å². The molecule has 8 nitrogen and oxygen atoms in total. The van der Waals surface area contributed by atoms with Gasteiger partial charge in [-0.2, -0.15) is 10.2 Å². The number of carbonyl (C=O) groups is 1. The molecule has 1 aromatic heterocycles. The van der Waals surface area contributed by atoms with Crippen LogP contribution in [0, 0.1) is 11.3 Å². The molecule has 8 heteroatoms. The lowest BCUT2D eigenvalue weighted by molar-refractivity contribution is -0.123. The maximum absolute atomic E-state index is 12.4. The summed E-state index contributed by atoms with van der Waals surface area (Å²) in [6.45, 7) is 7.22. The maximum Gasteiger partial charge on any atom is 0.258 e. The van der Waals surface area contributed by atoms with E-state index >= 15 is 0 Å². The Bertz CT molecular complexity index is 1010. The molecule has 2 aliphatic heterocycles. The van der Waals surface area contributed by atoms with Crippen LogP contribution in [0.5, 0.6) is 5.88 Å². The van der Waals surface area contributed by atoms with E-state index in [1.165, 1.54) is 0 Å². The molecule has 4 rings (SSSR count). The molecular weight excluding hydrogens is 408 g/mol. The van der Waals surface area contributed by atoms with Gasteiger partial charge in [-0.25, -0.2) is 0 Å². The normalized spacial score (nSPS) is 17.2. The summed E-state index contributed by atoms with van der Waals surface area (Å²) in [6.07, 6.45) is 0.571. The number of carbonyl (C=O) groups excluding carboxylic acids is 1. The predicted octanol–water partition coefficient (Wildman–Crippen LogP) is 2.34. The fourth-order valence-electron chi connectivity index (χ4n) is 3.96. The summed E-state index contributed by atoms with van der Waals surface area (Å²) < 4.78 is 17.3. The van der Waals surface area contributed by atoms with E-state index in [1.807, 2.05) is 44.2 Å². The Labute approximate surface area is 188 Å². The number of nitriles is 1. The second kappa shape index (κ2) is 9.55. The summed E-state index contributed by atoms with van der Waals surface area (Å²) in [5.41, 5.74) is 2.79. The Hall–Kier alpha value is -3.15. The highest BCUT2D eigenvalue weighted by Gasteiger charge is 2.34. The van der Waals surface area contributed by atoms with Gasteiger partial charge >= 0.3 is 0 Å². The lowest BCUT2D eigenvalue weighted by Gasteiger charge is -2.36. The highest BCUT2D eigenvalue weighted by Crippen LogP contribution is 2.38. The Morgan fingerprint density at radius 1 is 1.25 bits per heavy atom. The van der Waals surface area contributed by atoms with E-state index < -0.39 is 5.60 Å². The molecule has 3 heterocycles. The van der Waals surface area contributed by atoms with E-state index in [2.05, 4.69) is 21.3 Å². The van der Waals surface area contributed by atoms with E-state index in [9.17, 15) is 10.1 Å². The van der Waals surface area contributed by atoms with Crippen molar-refractivity contribution in [2.45, 2.75) is 39.0 Å². The number of benzene rings is 1. The van der Waals surface area contributed by atoms with Crippen LogP contribution < -0.4 is 15.0 Å². The van der Waals surface area contributed by atoms with Gasteiger partial charge in [-0.3, -0.25) is 4.79 Å². The molecule has 1 saturated heterocycles. The largest absolute Gasteiger partial charge is 0.467 e. The number of hydrogen-bond acceptors (Lipinski definition) is 7. The Morgan fingerprint density at radius 3 is 2.72 bits per heavy atom. The molecule has 0 spiro atoms. The van der Waals surface area contributed by atoms with Crippen molar-refractivity contribution in [3.63, 3.8) is 0 Å². The van der Waals surface area contributed by atoms with Gasteiger partial charge in [0.15, 0.2) is 6.61 Å². The zero-order valence-corrected chi connectivity index (χ0v) is 18.5. The van der Waals surface area contributed by atoms with Crippen molar-refractivity contribution < 1.29 is 19.0 Å². The number of nitrogens with zero attached hydrogens (tertiary/aromatic N) is 3. The molecule has 1 fully saturated rings. The smallest absolute Gasteiger partial charge is 0.258 e. The van der Waals surface area contributed by atoms with Gasteiger partial charge in [0.25, 0.3) is 5.91 Å². The van der Waals surface area contributed by atoms with Gasteiger partial charge in [-0.1, -0.05) is 30.3 Å². The van der Waals surface area contributed by atoms with Crippen LogP contribution in [0.1, 0.15) is 36.1 Å². The number of aromatic nitrogens is 1. The van der Waals surface area contributed by atoms with Gasteiger partial charge in [-0.05, 0) is 25.0 Å². The van der Waals surface area contributed by atoms with Crippen LogP contribution in [0.15, 0.2) is 30.3 Å². The summed E-state index contributed by atoms with van der Waals surface area (Å²) in [7, 11) is 0. The third-order valence-corrected chi connectivity index (χ3v) is 5.66. The minimum Gasteiger partial charge on any atom is -0.467 e.